The minimum Gasteiger partial charge on any atom is -0.478 e. The second-order valence-corrected chi connectivity index (χ2v) is 4.13. The average molecular weight is 254 g/mol. The van der Waals surface area contributed by atoms with Crippen LogP contribution in [0.15, 0.2) is 36.7 Å². The lowest BCUT2D eigenvalue weighted by Crippen LogP contribution is -1.96. The number of imidazole rings is 1. The Labute approximate surface area is 108 Å². The molecule has 0 radical (unpaired) electrons. The molecule has 94 valence electrons. The highest BCUT2D eigenvalue weighted by atomic mass is 16.4. The molecule has 1 N–H and O–H groups in total. The molecule has 0 spiro atoms. The zero-order valence-corrected chi connectivity index (χ0v) is 10.1. The number of aromatic nitrogens is 4. The molecule has 0 unspecified atom stereocenters. The Hall–Kier alpha value is -2.76. The van der Waals surface area contributed by atoms with Gasteiger partial charge in [0.1, 0.15) is 5.82 Å². The van der Waals surface area contributed by atoms with E-state index in [1.807, 2.05) is 17.7 Å². The van der Waals surface area contributed by atoms with Gasteiger partial charge in [-0.2, -0.15) is 10.2 Å². The van der Waals surface area contributed by atoms with Gasteiger partial charge in [-0.1, -0.05) is 0 Å². The summed E-state index contributed by atoms with van der Waals surface area (Å²) in [6.07, 6.45) is 3.22. The summed E-state index contributed by atoms with van der Waals surface area (Å²) in [6.45, 7) is 0. The van der Waals surface area contributed by atoms with Crippen LogP contribution in [0.4, 0.5) is 0 Å². The Morgan fingerprint density at radius 3 is 2.79 bits per heavy atom. The molecule has 3 rings (SSSR count). The van der Waals surface area contributed by atoms with Crippen molar-refractivity contribution in [3.8, 4) is 11.4 Å². The van der Waals surface area contributed by atoms with E-state index < -0.39 is 5.97 Å². The smallest absolute Gasteiger partial charge is 0.335 e. The predicted molar refractivity (Wildman–Crippen MR) is 68.7 cm³/mol. The van der Waals surface area contributed by atoms with E-state index in [4.69, 9.17) is 5.11 Å². The molecule has 0 saturated carbocycles. The number of carboxylic acids is 1. The standard InChI is InChI=1S/C13H10N4O2/c1-17-11-3-2-8(13(18)19)6-10(11)16-12(17)9-4-5-14-15-7-9/h2-7H,1H3,(H,18,19). The first-order valence-corrected chi connectivity index (χ1v) is 5.63. The molecular weight excluding hydrogens is 244 g/mol. The minimum atomic E-state index is -0.959. The summed E-state index contributed by atoms with van der Waals surface area (Å²) in [7, 11) is 1.88. The third-order valence-electron chi connectivity index (χ3n) is 2.97. The van der Waals surface area contributed by atoms with Gasteiger partial charge in [0, 0.05) is 12.6 Å². The minimum absolute atomic E-state index is 0.227. The van der Waals surface area contributed by atoms with E-state index >= 15 is 0 Å². The molecule has 0 bridgehead atoms. The second-order valence-electron chi connectivity index (χ2n) is 4.13. The van der Waals surface area contributed by atoms with Gasteiger partial charge in [0.25, 0.3) is 0 Å². The Kier molecular flexibility index (Phi) is 2.49. The van der Waals surface area contributed by atoms with Gasteiger partial charge in [-0.25, -0.2) is 9.78 Å². The van der Waals surface area contributed by atoms with E-state index in [0.717, 1.165) is 16.9 Å². The summed E-state index contributed by atoms with van der Waals surface area (Å²) < 4.78 is 1.90. The van der Waals surface area contributed by atoms with Gasteiger partial charge in [0.2, 0.25) is 0 Å². The van der Waals surface area contributed by atoms with Crippen molar-refractivity contribution in [3.63, 3.8) is 0 Å². The fraction of sp³-hybridized carbons (Fsp3) is 0.0769. The van der Waals surface area contributed by atoms with E-state index in [9.17, 15) is 4.79 Å². The SMILES string of the molecule is Cn1c(-c2ccnnc2)nc2cc(C(=O)O)ccc21. The maximum absolute atomic E-state index is 11.0. The molecular formula is C13H10N4O2. The summed E-state index contributed by atoms with van der Waals surface area (Å²) in [6, 6.07) is 6.70. The van der Waals surface area contributed by atoms with E-state index in [1.165, 1.54) is 0 Å². The van der Waals surface area contributed by atoms with Crippen molar-refractivity contribution in [2.45, 2.75) is 0 Å². The van der Waals surface area contributed by atoms with E-state index in [-0.39, 0.29) is 5.56 Å². The maximum atomic E-state index is 11.0. The lowest BCUT2D eigenvalue weighted by molar-refractivity contribution is 0.0697. The summed E-state index contributed by atoms with van der Waals surface area (Å²) in [5.41, 5.74) is 2.58. The van der Waals surface area contributed by atoms with Crippen molar-refractivity contribution in [1.82, 2.24) is 19.7 Å². The highest BCUT2D eigenvalue weighted by Crippen LogP contribution is 2.23. The van der Waals surface area contributed by atoms with Crippen molar-refractivity contribution in [2.24, 2.45) is 7.05 Å². The fourth-order valence-electron chi connectivity index (χ4n) is 2.01. The normalized spacial score (nSPS) is 10.8. The monoisotopic (exact) mass is 254 g/mol. The van der Waals surface area contributed by atoms with Gasteiger partial charge >= 0.3 is 5.97 Å². The van der Waals surface area contributed by atoms with E-state index in [1.54, 1.807) is 30.6 Å². The van der Waals surface area contributed by atoms with Gasteiger partial charge in [0.05, 0.1) is 29.0 Å². The van der Waals surface area contributed by atoms with Crippen molar-refractivity contribution in [3.05, 3.63) is 42.2 Å². The first kappa shape index (κ1) is 11.3. The van der Waals surface area contributed by atoms with Gasteiger partial charge in [-0.05, 0) is 24.3 Å². The fourth-order valence-corrected chi connectivity index (χ4v) is 2.01. The van der Waals surface area contributed by atoms with Crippen molar-refractivity contribution >= 4 is 17.0 Å². The van der Waals surface area contributed by atoms with Gasteiger partial charge in [-0.15, -0.1) is 0 Å². The van der Waals surface area contributed by atoms with E-state index in [2.05, 4.69) is 15.2 Å². The van der Waals surface area contributed by atoms with Crippen LogP contribution in [0.1, 0.15) is 10.4 Å². The molecule has 0 aliphatic rings. The molecule has 2 aromatic heterocycles. The van der Waals surface area contributed by atoms with Crippen LogP contribution in [0.3, 0.4) is 0 Å². The maximum Gasteiger partial charge on any atom is 0.335 e. The highest BCUT2D eigenvalue weighted by Gasteiger charge is 2.12. The van der Waals surface area contributed by atoms with Crippen LogP contribution < -0.4 is 0 Å². The van der Waals surface area contributed by atoms with Crippen LogP contribution in [0, 0.1) is 0 Å². The molecule has 2 heterocycles. The van der Waals surface area contributed by atoms with Gasteiger partial charge in [0.15, 0.2) is 0 Å². The van der Waals surface area contributed by atoms with Crippen LogP contribution in [-0.4, -0.2) is 30.8 Å². The first-order chi connectivity index (χ1) is 9.16. The third kappa shape index (κ3) is 1.83. The van der Waals surface area contributed by atoms with Crippen LogP contribution in [0.25, 0.3) is 22.4 Å². The average Bonchev–Trinajstić information content (AvgIpc) is 2.76. The molecule has 6 nitrogen and oxygen atoms in total. The Bertz CT molecular complexity index is 765. The van der Waals surface area contributed by atoms with Gasteiger partial charge in [-0.3, -0.25) is 0 Å². The lowest BCUT2D eigenvalue weighted by Gasteiger charge is -2.00. The van der Waals surface area contributed by atoms with Crippen LogP contribution in [0.5, 0.6) is 0 Å². The number of benzene rings is 1. The van der Waals surface area contributed by atoms with Crippen LogP contribution >= 0.6 is 0 Å². The summed E-state index contributed by atoms with van der Waals surface area (Å²) in [5.74, 6) is -0.230. The third-order valence-corrected chi connectivity index (χ3v) is 2.97. The number of carboxylic acid groups (broad SMARTS) is 1. The zero-order valence-electron chi connectivity index (χ0n) is 10.1. The Morgan fingerprint density at radius 1 is 1.26 bits per heavy atom. The van der Waals surface area contributed by atoms with Gasteiger partial charge < -0.3 is 9.67 Å². The molecule has 0 fully saturated rings. The topological polar surface area (TPSA) is 80.9 Å². The number of nitrogens with zero attached hydrogens (tertiary/aromatic N) is 4. The number of carbonyl (C=O) groups is 1. The number of hydrogen-bond donors (Lipinski definition) is 1. The molecule has 0 amide bonds. The molecule has 0 aliphatic carbocycles. The predicted octanol–water partition coefficient (Wildman–Crippen LogP) is 1.73. The number of fused-ring (bicyclic) bond motifs is 1. The summed E-state index contributed by atoms with van der Waals surface area (Å²) >= 11 is 0. The number of hydrogen-bond acceptors (Lipinski definition) is 4. The first-order valence-electron chi connectivity index (χ1n) is 5.63. The summed E-state index contributed by atoms with van der Waals surface area (Å²) in [5, 5.41) is 16.5. The Morgan fingerprint density at radius 2 is 2.11 bits per heavy atom. The molecule has 6 heteroatoms. The molecule has 3 aromatic rings. The molecule has 0 atom stereocenters. The number of aromatic carboxylic acids is 1. The number of aryl methyl sites for hydroxylation is 1. The molecule has 0 saturated heterocycles. The van der Waals surface area contributed by atoms with E-state index in [0.29, 0.717) is 5.52 Å². The zero-order chi connectivity index (χ0) is 13.4. The quantitative estimate of drug-likeness (QED) is 0.753. The van der Waals surface area contributed by atoms with Crippen molar-refractivity contribution in [2.75, 3.05) is 0 Å². The Balaban J connectivity index is 2.23. The van der Waals surface area contributed by atoms with Crippen molar-refractivity contribution in [1.29, 1.82) is 0 Å². The lowest BCUT2D eigenvalue weighted by atomic mass is 10.2. The summed E-state index contributed by atoms with van der Waals surface area (Å²) in [4.78, 5) is 15.4. The van der Waals surface area contributed by atoms with Crippen LogP contribution in [0.2, 0.25) is 0 Å². The second kappa shape index (κ2) is 4.16. The largest absolute Gasteiger partial charge is 0.478 e. The number of rotatable bonds is 2. The molecule has 19 heavy (non-hydrogen) atoms. The van der Waals surface area contributed by atoms with Crippen LogP contribution in [-0.2, 0) is 7.05 Å². The molecule has 1 aromatic carbocycles. The molecule has 0 aliphatic heterocycles. The highest BCUT2D eigenvalue weighted by molar-refractivity contribution is 5.93. The van der Waals surface area contributed by atoms with Crippen molar-refractivity contribution < 1.29 is 9.90 Å².